The monoisotopic (exact) mass is 229 g/mol. The van der Waals surface area contributed by atoms with Gasteiger partial charge in [0, 0.05) is 20.3 Å². The van der Waals surface area contributed by atoms with E-state index < -0.39 is 0 Å². The van der Waals surface area contributed by atoms with Gasteiger partial charge in [-0.1, -0.05) is 0 Å². The molecule has 0 unspecified atom stereocenters. The van der Waals surface area contributed by atoms with Crippen molar-refractivity contribution in [3.05, 3.63) is 0 Å². The predicted octanol–water partition coefficient (Wildman–Crippen LogP) is 1.34. The predicted molar refractivity (Wildman–Crippen MR) is 62.3 cm³/mol. The molecule has 0 saturated heterocycles. The van der Waals surface area contributed by atoms with E-state index in [2.05, 4.69) is 5.32 Å². The van der Waals surface area contributed by atoms with Gasteiger partial charge < -0.3 is 14.8 Å². The average Bonchev–Trinajstić information content (AvgIpc) is 3.01. The van der Waals surface area contributed by atoms with Crippen LogP contribution in [0.15, 0.2) is 0 Å². The van der Waals surface area contributed by atoms with E-state index in [1.54, 1.807) is 7.11 Å². The minimum atomic E-state index is -0.0163. The van der Waals surface area contributed by atoms with Crippen molar-refractivity contribution in [1.82, 2.24) is 5.32 Å². The molecule has 0 aromatic carbocycles. The molecule has 0 heterocycles. The van der Waals surface area contributed by atoms with Gasteiger partial charge in [0.05, 0.1) is 6.10 Å². The van der Waals surface area contributed by atoms with Gasteiger partial charge in [0.15, 0.2) is 0 Å². The zero-order valence-corrected chi connectivity index (χ0v) is 10.5. The second-order valence-corrected chi connectivity index (χ2v) is 4.88. The third-order valence-electron chi connectivity index (χ3n) is 3.00. The number of ether oxygens (including phenoxy) is 2. The molecule has 1 N–H and O–H groups in total. The highest BCUT2D eigenvalue weighted by molar-refractivity contribution is 5.77. The van der Waals surface area contributed by atoms with Crippen LogP contribution in [0.4, 0.5) is 0 Å². The molecular weight excluding hydrogens is 206 g/mol. The first-order valence-corrected chi connectivity index (χ1v) is 5.95. The van der Waals surface area contributed by atoms with Crippen LogP contribution >= 0.6 is 0 Å². The van der Waals surface area contributed by atoms with Crippen molar-refractivity contribution in [1.29, 1.82) is 0 Å². The highest BCUT2D eigenvalue weighted by Gasteiger charge is 2.41. The van der Waals surface area contributed by atoms with Crippen LogP contribution in [0.3, 0.4) is 0 Å². The number of carbonyl (C=O) groups is 1. The summed E-state index contributed by atoms with van der Waals surface area (Å²) in [5.41, 5.74) is 0.309. The molecule has 0 atom stereocenters. The summed E-state index contributed by atoms with van der Waals surface area (Å²) < 4.78 is 10.3. The Morgan fingerprint density at radius 1 is 1.44 bits per heavy atom. The zero-order valence-electron chi connectivity index (χ0n) is 10.5. The first kappa shape index (κ1) is 13.5. The SMILES string of the molecule is COCCC1(CNC(=O)COC(C)C)CC1. The second kappa shape index (κ2) is 6.21. The fourth-order valence-electron chi connectivity index (χ4n) is 1.59. The fourth-order valence-corrected chi connectivity index (χ4v) is 1.59. The van der Waals surface area contributed by atoms with Crippen molar-refractivity contribution in [2.24, 2.45) is 5.41 Å². The van der Waals surface area contributed by atoms with Crippen LogP contribution in [0, 0.1) is 5.41 Å². The van der Waals surface area contributed by atoms with Gasteiger partial charge in [0.25, 0.3) is 0 Å². The van der Waals surface area contributed by atoms with E-state index in [1.807, 2.05) is 13.8 Å². The van der Waals surface area contributed by atoms with E-state index in [9.17, 15) is 4.79 Å². The molecule has 0 aromatic rings. The normalized spacial score (nSPS) is 17.5. The lowest BCUT2D eigenvalue weighted by Gasteiger charge is -2.15. The number of nitrogens with one attached hydrogen (secondary N) is 1. The zero-order chi connectivity index (χ0) is 12.0. The highest BCUT2D eigenvalue weighted by Crippen LogP contribution is 2.48. The molecule has 1 saturated carbocycles. The molecule has 0 bridgehead atoms. The van der Waals surface area contributed by atoms with Crippen LogP contribution in [-0.4, -0.2) is 38.9 Å². The summed E-state index contributed by atoms with van der Waals surface area (Å²) in [5.74, 6) is -0.0163. The molecule has 1 fully saturated rings. The largest absolute Gasteiger partial charge is 0.385 e. The summed E-state index contributed by atoms with van der Waals surface area (Å²) in [4.78, 5) is 11.4. The molecule has 4 nitrogen and oxygen atoms in total. The minimum Gasteiger partial charge on any atom is -0.385 e. The third-order valence-corrected chi connectivity index (χ3v) is 3.00. The van der Waals surface area contributed by atoms with Crippen molar-refractivity contribution in [2.75, 3.05) is 26.9 Å². The Morgan fingerprint density at radius 2 is 2.12 bits per heavy atom. The lowest BCUT2D eigenvalue weighted by Crippen LogP contribution is -2.34. The number of hydrogen-bond acceptors (Lipinski definition) is 3. The maximum atomic E-state index is 11.4. The lowest BCUT2D eigenvalue weighted by molar-refractivity contribution is -0.127. The summed E-state index contributed by atoms with van der Waals surface area (Å²) in [6.07, 6.45) is 3.53. The van der Waals surface area contributed by atoms with E-state index in [0.29, 0.717) is 5.41 Å². The van der Waals surface area contributed by atoms with Crippen LogP contribution in [0.25, 0.3) is 0 Å². The summed E-state index contributed by atoms with van der Waals surface area (Å²) >= 11 is 0. The molecule has 0 aliphatic heterocycles. The molecule has 1 rings (SSSR count). The molecular formula is C12H23NO3. The second-order valence-electron chi connectivity index (χ2n) is 4.88. The maximum absolute atomic E-state index is 11.4. The molecule has 4 heteroatoms. The maximum Gasteiger partial charge on any atom is 0.246 e. The molecule has 0 radical (unpaired) electrons. The van der Waals surface area contributed by atoms with Crippen LogP contribution in [-0.2, 0) is 14.3 Å². The fraction of sp³-hybridized carbons (Fsp3) is 0.917. The first-order chi connectivity index (χ1) is 7.58. The Balaban J connectivity index is 2.11. The molecule has 0 aromatic heterocycles. The van der Waals surface area contributed by atoms with E-state index in [0.717, 1.165) is 19.6 Å². The van der Waals surface area contributed by atoms with Crippen LogP contribution in [0.1, 0.15) is 33.1 Å². The van der Waals surface area contributed by atoms with Crippen LogP contribution in [0.2, 0.25) is 0 Å². The number of amides is 1. The van der Waals surface area contributed by atoms with Crippen molar-refractivity contribution >= 4 is 5.91 Å². The molecule has 0 spiro atoms. The molecule has 16 heavy (non-hydrogen) atoms. The number of carbonyl (C=O) groups excluding carboxylic acids is 1. The van der Waals surface area contributed by atoms with Gasteiger partial charge in [-0.05, 0) is 38.5 Å². The van der Waals surface area contributed by atoms with Gasteiger partial charge in [0.2, 0.25) is 5.91 Å². The van der Waals surface area contributed by atoms with E-state index in [1.165, 1.54) is 12.8 Å². The van der Waals surface area contributed by atoms with Gasteiger partial charge >= 0.3 is 0 Å². The number of hydrogen-bond donors (Lipinski definition) is 1. The molecule has 94 valence electrons. The summed E-state index contributed by atoms with van der Waals surface area (Å²) in [7, 11) is 1.71. The van der Waals surface area contributed by atoms with Gasteiger partial charge in [-0.15, -0.1) is 0 Å². The van der Waals surface area contributed by atoms with Gasteiger partial charge in [-0.25, -0.2) is 0 Å². The van der Waals surface area contributed by atoms with Crippen LogP contribution < -0.4 is 5.32 Å². The average molecular weight is 229 g/mol. The highest BCUT2D eigenvalue weighted by atomic mass is 16.5. The van der Waals surface area contributed by atoms with E-state index in [-0.39, 0.29) is 18.6 Å². The quantitative estimate of drug-likeness (QED) is 0.683. The Hall–Kier alpha value is -0.610. The summed E-state index contributed by atoms with van der Waals surface area (Å²) in [6.45, 7) is 5.55. The number of rotatable bonds is 8. The molecule has 1 aliphatic carbocycles. The van der Waals surface area contributed by atoms with Gasteiger partial charge in [-0.2, -0.15) is 0 Å². The van der Waals surface area contributed by atoms with Crippen molar-refractivity contribution < 1.29 is 14.3 Å². The van der Waals surface area contributed by atoms with E-state index in [4.69, 9.17) is 9.47 Å². The van der Waals surface area contributed by atoms with Crippen molar-refractivity contribution in [3.8, 4) is 0 Å². The molecule has 1 aliphatic rings. The molecule has 1 amide bonds. The van der Waals surface area contributed by atoms with Crippen LogP contribution in [0.5, 0.6) is 0 Å². The van der Waals surface area contributed by atoms with Crippen molar-refractivity contribution in [2.45, 2.75) is 39.2 Å². The van der Waals surface area contributed by atoms with Crippen molar-refractivity contribution in [3.63, 3.8) is 0 Å². The minimum absolute atomic E-state index is 0.0163. The Bertz CT molecular complexity index is 224. The Labute approximate surface area is 97.7 Å². The van der Waals surface area contributed by atoms with E-state index >= 15 is 0 Å². The van der Waals surface area contributed by atoms with Gasteiger partial charge in [0.1, 0.15) is 6.61 Å². The Morgan fingerprint density at radius 3 is 2.62 bits per heavy atom. The third kappa shape index (κ3) is 4.94. The summed E-state index contributed by atoms with van der Waals surface area (Å²) in [6, 6.07) is 0. The summed E-state index contributed by atoms with van der Waals surface area (Å²) in [5, 5.41) is 2.93. The van der Waals surface area contributed by atoms with Gasteiger partial charge in [-0.3, -0.25) is 4.79 Å². The Kier molecular flexibility index (Phi) is 5.22. The lowest BCUT2D eigenvalue weighted by atomic mass is 10.0. The smallest absolute Gasteiger partial charge is 0.246 e. The number of methoxy groups -OCH3 is 1. The standard InChI is InChI=1S/C12H23NO3/c1-10(2)16-8-11(14)13-9-12(4-5-12)6-7-15-3/h10H,4-9H2,1-3H3,(H,13,14). The first-order valence-electron chi connectivity index (χ1n) is 5.95. The topological polar surface area (TPSA) is 47.6 Å².